The first kappa shape index (κ1) is 25.4. The lowest BCUT2D eigenvalue weighted by molar-refractivity contribution is 0.0950. The molecule has 1 N–H and O–H groups in total. The van der Waals surface area contributed by atoms with Crippen molar-refractivity contribution in [2.75, 3.05) is 11.9 Å². The van der Waals surface area contributed by atoms with E-state index in [1.54, 1.807) is 20.0 Å². The lowest BCUT2D eigenvalue weighted by Crippen LogP contribution is -2.46. The number of hydrogen-bond donors (Lipinski definition) is 1. The third-order valence-electron chi connectivity index (χ3n) is 6.24. The van der Waals surface area contributed by atoms with Crippen molar-refractivity contribution in [3.8, 4) is 0 Å². The summed E-state index contributed by atoms with van der Waals surface area (Å²) in [6.45, 7) is 2.55. The molecule has 1 unspecified atom stereocenters. The first-order valence-electron chi connectivity index (χ1n) is 10.9. The number of aryl methyl sites for hydroxylation is 1. The summed E-state index contributed by atoms with van der Waals surface area (Å²) in [5, 5.41) is 2.45. The molecule has 2 aromatic carbocycles. The number of amides is 3. The number of anilines is 1. The molecule has 0 bridgehead atoms. The molecule has 36 heavy (non-hydrogen) atoms. The molecular formula is C25H21ClF4N4O2. The highest BCUT2D eigenvalue weighted by Gasteiger charge is 2.34. The van der Waals surface area contributed by atoms with Crippen molar-refractivity contribution in [2.24, 2.45) is 0 Å². The predicted molar refractivity (Wildman–Crippen MR) is 126 cm³/mol. The number of rotatable bonds is 5. The average Bonchev–Trinajstić information content (AvgIpc) is 2.83. The topological polar surface area (TPSA) is 65.5 Å². The molecule has 4 rings (SSSR count). The highest BCUT2D eigenvalue weighted by molar-refractivity contribution is 6.31. The minimum Gasteiger partial charge on any atom is -0.348 e. The quantitative estimate of drug-likeness (QED) is 0.441. The van der Waals surface area contributed by atoms with Gasteiger partial charge in [-0.05, 0) is 31.5 Å². The van der Waals surface area contributed by atoms with Crippen LogP contribution in [-0.2, 0) is 13.1 Å². The van der Waals surface area contributed by atoms with E-state index in [4.69, 9.17) is 11.6 Å². The molecule has 0 fully saturated rings. The number of fused-ring (bicyclic) bond motifs is 1. The highest BCUT2D eigenvalue weighted by atomic mass is 35.5. The molecule has 2 heterocycles. The van der Waals surface area contributed by atoms with Crippen molar-refractivity contribution < 1.29 is 27.2 Å². The van der Waals surface area contributed by atoms with E-state index in [0.717, 1.165) is 0 Å². The van der Waals surface area contributed by atoms with E-state index in [1.165, 1.54) is 35.1 Å². The molecule has 6 nitrogen and oxygen atoms in total. The molecule has 0 saturated heterocycles. The highest BCUT2D eigenvalue weighted by Crippen LogP contribution is 2.38. The van der Waals surface area contributed by atoms with Gasteiger partial charge in [-0.2, -0.15) is 0 Å². The minimum atomic E-state index is -1.13. The van der Waals surface area contributed by atoms with E-state index in [-0.39, 0.29) is 34.4 Å². The maximum atomic E-state index is 14.8. The fourth-order valence-electron chi connectivity index (χ4n) is 4.02. The molecule has 1 atom stereocenters. The van der Waals surface area contributed by atoms with E-state index in [9.17, 15) is 27.2 Å². The molecule has 0 aliphatic carbocycles. The van der Waals surface area contributed by atoms with Gasteiger partial charge in [-0.1, -0.05) is 17.7 Å². The number of nitrogens with zero attached hydrogens (tertiary/aromatic N) is 3. The number of nitrogens with one attached hydrogen (secondary N) is 1. The van der Waals surface area contributed by atoms with Crippen LogP contribution in [0.2, 0.25) is 5.02 Å². The molecule has 0 radical (unpaired) electrons. The SMILES string of the molecule is Cc1ncc(Cl)c(CN2C(=O)N(C)C(C)c3ccc(C(=O)NCc4c(F)cc(F)cc4F)cc32)c1F. The third-order valence-corrected chi connectivity index (χ3v) is 6.56. The lowest BCUT2D eigenvalue weighted by atomic mass is 9.98. The van der Waals surface area contributed by atoms with Crippen LogP contribution >= 0.6 is 11.6 Å². The summed E-state index contributed by atoms with van der Waals surface area (Å²) in [5.41, 5.74) is 0.864. The van der Waals surface area contributed by atoms with Crippen LogP contribution in [0.5, 0.6) is 0 Å². The van der Waals surface area contributed by atoms with Crippen LogP contribution in [0, 0.1) is 30.2 Å². The van der Waals surface area contributed by atoms with Gasteiger partial charge in [-0.25, -0.2) is 22.4 Å². The molecule has 1 aliphatic rings. The summed E-state index contributed by atoms with van der Waals surface area (Å²) >= 11 is 6.17. The molecule has 1 aromatic heterocycles. The monoisotopic (exact) mass is 520 g/mol. The maximum absolute atomic E-state index is 14.8. The van der Waals surface area contributed by atoms with Crippen LogP contribution in [0.15, 0.2) is 36.5 Å². The van der Waals surface area contributed by atoms with Gasteiger partial charge in [0, 0.05) is 48.6 Å². The molecule has 3 amide bonds. The molecule has 188 valence electrons. The van der Waals surface area contributed by atoms with E-state index >= 15 is 0 Å². The maximum Gasteiger partial charge on any atom is 0.325 e. The standard InChI is InChI=1S/C25H21ClF4N4O2/c1-12-23(30)18(19(26)10-31-12)11-34-22-6-14(4-5-16(22)13(2)33(3)25(34)36)24(35)32-9-17-20(28)7-15(27)8-21(17)29/h4-8,10,13H,9,11H2,1-3H3,(H,32,35). The second-order valence-electron chi connectivity index (χ2n) is 8.44. The zero-order valence-electron chi connectivity index (χ0n) is 19.5. The number of pyridine rings is 1. The Balaban J connectivity index is 1.67. The summed E-state index contributed by atoms with van der Waals surface area (Å²) in [7, 11) is 1.60. The Morgan fingerprint density at radius 1 is 1.11 bits per heavy atom. The summed E-state index contributed by atoms with van der Waals surface area (Å²) in [6.07, 6.45) is 1.30. The van der Waals surface area contributed by atoms with Crippen molar-refractivity contribution in [1.29, 1.82) is 0 Å². The van der Waals surface area contributed by atoms with Crippen LogP contribution in [0.4, 0.5) is 28.0 Å². The van der Waals surface area contributed by atoms with E-state index < -0.39 is 47.3 Å². The Morgan fingerprint density at radius 2 is 1.78 bits per heavy atom. The van der Waals surface area contributed by atoms with Crippen LogP contribution in [0.25, 0.3) is 0 Å². The van der Waals surface area contributed by atoms with Gasteiger partial charge >= 0.3 is 6.03 Å². The molecular weight excluding hydrogens is 500 g/mol. The van der Waals surface area contributed by atoms with Crippen molar-refractivity contribution in [1.82, 2.24) is 15.2 Å². The molecule has 1 aliphatic heterocycles. The van der Waals surface area contributed by atoms with Gasteiger partial charge in [0.1, 0.15) is 17.5 Å². The largest absolute Gasteiger partial charge is 0.348 e. The first-order chi connectivity index (χ1) is 17.0. The second-order valence-corrected chi connectivity index (χ2v) is 8.85. The fraction of sp³-hybridized carbons (Fsp3) is 0.240. The van der Waals surface area contributed by atoms with E-state index in [2.05, 4.69) is 10.3 Å². The number of carbonyl (C=O) groups is 2. The van der Waals surface area contributed by atoms with Crippen LogP contribution in [0.1, 0.15) is 45.7 Å². The number of aromatic nitrogens is 1. The van der Waals surface area contributed by atoms with Gasteiger partial charge in [-0.15, -0.1) is 0 Å². The zero-order chi connectivity index (χ0) is 26.3. The Labute approximate surface area is 209 Å². The van der Waals surface area contributed by atoms with Gasteiger partial charge in [0.05, 0.1) is 29.0 Å². The van der Waals surface area contributed by atoms with Crippen molar-refractivity contribution in [3.05, 3.63) is 92.8 Å². The summed E-state index contributed by atoms with van der Waals surface area (Å²) in [6, 6.07) is 4.87. The summed E-state index contributed by atoms with van der Waals surface area (Å²) in [4.78, 5) is 32.6. The number of carbonyl (C=O) groups excluding carboxylic acids is 2. The lowest BCUT2D eigenvalue weighted by Gasteiger charge is -2.39. The van der Waals surface area contributed by atoms with Crippen molar-refractivity contribution >= 4 is 29.2 Å². The second kappa shape index (κ2) is 9.77. The third kappa shape index (κ3) is 4.60. The van der Waals surface area contributed by atoms with Gasteiger partial charge in [0.2, 0.25) is 0 Å². The number of hydrogen-bond acceptors (Lipinski definition) is 3. The number of benzene rings is 2. The van der Waals surface area contributed by atoms with E-state index in [1.807, 2.05) is 0 Å². The van der Waals surface area contributed by atoms with Crippen LogP contribution in [0.3, 0.4) is 0 Å². The van der Waals surface area contributed by atoms with Crippen LogP contribution in [-0.4, -0.2) is 28.9 Å². The Morgan fingerprint density at radius 3 is 2.44 bits per heavy atom. The number of halogens is 5. The van der Waals surface area contributed by atoms with Crippen molar-refractivity contribution in [2.45, 2.75) is 33.0 Å². The predicted octanol–water partition coefficient (Wildman–Crippen LogP) is 5.66. The van der Waals surface area contributed by atoms with Gasteiger partial charge < -0.3 is 10.2 Å². The zero-order valence-corrected chi connectivity index (χ0v) is 20.3. The fourth-order valence-corrected chi connectivity index (χ4v) is 4.21. The van der Waals surface area contributed by atoms with Crippen LogP contribution < -0.4 is 10.2 Å². The van der Waals surface area contributed by atoms with Gasteiger partial charge in [-0.3, -0.25) is 14.7 Å². The smallest absolute Gasteiger partial charge is 0.325 e. The summed E-state index contributed by atoms with van der Waals surface area (Å²) in [5.74, 6) is -4.64. The average molecular weight is 521 g/mol. The molecule has 11 heteroatoms. The van der Waals surface area contributed by atoms with Crippen molar-refractivity contribution in [3.63, 3.8) is 0 Å². The number of urea groups is 1. The van der Waals surface area contributed by atoms with E-state index in [0.29, 0.717) is 23.4 Å². The Bertz CT molecular complexity index is 1360. The summed E-state index contributed by atoms with van der Waals surface area (Å²) < 4.78 is 55.8. The Kier molecular flexibility index (Phi) is 6.90. The molecule has 0 spiro atoms. The Hall–Kier alpha value is -3.66. The first-order valence-corrected chi connectivity index (χ1v) is 11.3. The minimum absolute atomic E-state index is 0.0472. The van der Waals surface area contributed by atoms with Gasteiger partial charge in [0.15, 0.2) is 5.82 Å². The van der Waals surface area contributed by atoms with Gasteiger partial charge in [0.25, 0.3) is 5.91 Å². The molecule has 3 aromatic rings. The molecule has 0 saturated carbocycles. The normalized spacial score (nSPS) is 15.2.